The van der Waals surface area contributed by atoms with Crippen molar-refractivity contribution in [3.8, 4) is 17.2 Å². The Labute approximate surface area is 154 Å². The van der Waals surface area contributed by atoms with E-state index in [0.717, 1.165) is 0 Å². The lowest BCUT2D eigenvalue weighted by Crippen LogP contribution is -2.34. The molecule has 2 aromatic carbocycles. The SMILES string of the molecule is CC1Oc2ccc(NC(=O)c3cc(Cl)c4c(c3)OCCO4)cc2NC1=O. The Bertz CT molecular complexity index is 915. The summed E-state index contributed by atoms with van der Waals surface area (Å²) in [6, 6.07) is 8.13. The van der Waals surface area contributed by atoms with Crippen LogP contribution in [-0.4, -0.2) is 31.1 Å². The summed E-state index contributed by atoms with van der Waals surface area (Å²) >= 11 is 6.17. The van der Waals surface area contributed by atoms with Crippen LogP contribution in [0.2, 0.25) is 5.02 Å². The molecule has 4 rings (SSSR count). The molecule has 0 radical (unpaired) electrons. The summed E-state index contributed by atoms with van der Waals surface area (Å²) < 4.78 is 16.4. The Hall–Kier alpha value is -2.93. The highest BCUT2D eigenvalue weighted by Crippen LogP contribution is 2.38. The molecule has 7 nitrogen and oxygen atoms in total. The first-order chi connectivity index (χ1) is 12.5. The topological polar surface area (TPSA) is 85.9 Å². The molecule has 0 aromatic heterocycles. The lowest BCUT2D eigenvalue weighted by molar-refractivity contribution is -0.122. The number of carbonyl (C=O) groups is 2. The van der Waals surface area contributed by atoms with Gasteiger partial charge in [-0.2, -0.15) is 0 Å². The van der Waals surface area contributed by atoms with Gasteiger partial charge in [0, 0.05) is 11.3 Å². The van der Waals surface area contributed by atoms with Gasteiger partial charge < -0.3 is 24.8 Å². The van der Waals surface area contributed by atoms with Gasteiger partial charge in [0.1, 0.15) is 19.0 Å². The molecular formula is C18H15ClN2O5. The maximum atomic E-state index is 12.6. The molecule has 0 spiro atoms. The number of anilines is 2. The quantitative estimate of drug-likeness (QED) is 0.843. The van der Waals surface area contributed by atoms with Gasteiger partial charge in [0.05, 0.1) is 10.7 Å². The number of benzene rings is 2. The average molecular weight is 375 g/mol. The highest BCUT2D eigenvalue weighted by molar-refractivity contribution is 6.32. The van der Waals surface area contributed by atoms with Gasteiger partial charge in [-0.05, 0) is 37.3 Å². The average Bonchev–Trinajstić information content (AvgIpc) is 2.63. The zero-order valence-electron chi connectivity index (χ0n) is 13.8. The van der Waals surface area contributed by atoms with Gasteiger partial charge in [0.2, 0.25) is 0 Å². The molecule has 0 aliphatic carbocycles. The van der Waals surface area contributed by atoms with E-state index in [9.17, 15) is 9.59 Å². The Kier molecular flexibility index (Phi) is 4.08. The van der Waals surface area contributed by atoms with E-state index in [4.69, 9.17) is 25.8 Å². The van der Waals surface area contributed by atoms with Crippen LogP contribution in [0.1, 0.15) is 17.3 Å². The Balaban J connectivity index is 1.56. The van der Waals surface area contributed by atoms with Gasteiger partial charge in [0.15, 0.2) is 17.6 Å². The molecule has 26 heavy (non-hydrogen) atoms. The molecule has 1 atom stereocenters. The van der Waals surface area contributed by atoms with Gasteiger partial charge in [-0.3, -0.25) is 9.59 Å². The van der Waals surface area contributed by atoms with Crippen molar-refractivity contribution in [3.63, 3.8) is 0 Å². The first-order valence-corrected chi connectivity index (χ1v) is 8.41. The first kappa shape index (κ1) is 16.5. The summed E-state index contributed by atoms with van der Waals surface area (Å²) in [6.45, 7) is 2.48. The lowest BCUT2D eigenvalue weighted by atomic mass is 10.1. The van der Waals surface area contributed by atoms with Gasteiger partial charge in [-0.1, -0.05) is 11.6 Å². The van der Waals surface area contributed by atoms with E-state index in [1.54, 1.807) is 31.2 Å². The van der Waals surface area contributed by atoms with E-state index >= 15 is 0 Å². The fourth-order valence-electron chi connectivity index (χ4n) is 2.73. The molecule has 0 fully saturated rings. The Morgan fingerprint density at radius 2 is 2.00 bits per heavy atom. The number of carbonyl (C=O) groups excluding carboxylic acids is 2. The van der Waals surface area contributed by atoms with Crippen molar-refractivity contribution in [1.82, 2.24) is 0 Å². The van der Waals surface area contributed by atoms with Crippen molar-refractivity contribution in [1.29, 1.82) is 0 Å². The van der Waals surface area contributed by atoms with Gasteiger partial charge in [-0.25, -0.2) is 0 Å². The molecule has 134 valence electrons. The third kappa shape index (κ3) is 3.01. The van der Waals surface area contributed by atoms with Crippen molar-refractivity contribution >= 4 is 34.8 Å². The summed E-state index contributed by atoms with van der Waals surface area (Å²) in [5.41, 5.74) is 1.36. The normalized spacial score (nSPS) is 17.6. The molecule has 0 bridgehead atoms. The third-order valence-corrected chi connectivity index (χ3v) is 4.31. The number of hydrogen-bond donors (Lipinski definition) is 2. The number of nitrogens with one attached hydrogen (secondary N) is 2. The molecule has 0 saturated heterocycles. The van der Waals surface area contributed by atoms with Crippen LogP contribution in [-0.2, 0) is 4.79 Å². The molecule has 1 unspecified atom stereocenters. The van der Waals surface area contributed by atoms with Crippen LogP contribution in [0.3, 0.4) is 0 Å². The summed E-state index contributed by atoms with van der Waals surface area (Å²) in [5, 5.41) is 5.82. The van der Waals surface area contributed by atoms with Crippen LogP contribution in [0, 0.1) is 0 Å². The molecule has 2 amide bonds. The number of fused-ring (bicyclic) bond motifs is 2. The molecule has 2 aliphatic rings. The summed E-state index contributed by atoms with van der Waals surface area (Å²) in [5.74, 6) is 0.837. The molecule has 2 aromatic rings. The monoisotopic (exact) mass is 374 g/mol. The van der Waals surface area contributed by atoms with Crippen LogP contribution < -0.4 is 24.8 Å². The summed E-state index contributed by atoms with van der Waals surface area (Å²) in [7, 11) is 0. The fraction of sp³-hybridized carbons (Fsp3) is 0.222. The van der Waals surface area contributed by atoms with E-state index in [1.165, 1.54) is 6.07 Å². The molecule has 2 heterocycles. The van der Waals surface area contributed by atoms with Gasteiger partial charge >= 0.3 is 0 Å². The second-order valence-electron chi connectivity index (χ2n) is 5.90. The van der Waals surface area contributed by atoms with E-state index in [0.29, 0.717) is 52.4 Å². The van der Waals surface area contributed by atoms with Crippen molar-refractivity contribution in [2.45, 2.75) is 13.0 Å². The van der Waals surface area contributed by atoms with Crippen LogP contribution in [0.5, 0.6) is 17.2 Å². The summed E-state index contributed by atoms with van der Waals surface area (Å²) in [4.78, 5) is 24.3. The van der Waals surface area contributed by atoms with Crippen LogP contribution in [0.15, 0.2) is 30.3 Å². The first-order valence-electron chi connectivity index (χ1n) is 8.03. The molecule has 2 aliphatic heterocycles. The van der Waals surface area contributed by atoms with Crippen LogP contribution >= 0.6 is 11.6 Å². The zero-order valence-corrected chi connectivity index (χ0v) is 14.6. The minimum Gasteiger partial charge on any atom is -0.486 e. The Morgan fingerprint density at radius 1 is 1.19 bits per heavy atom. The third-order valence-electron chi connectivity index (χ3n) is 4.03. The van der Waals surface area contributed by atoms with E-state index in [1.807, 2.05) is 0 Å². The van der Waals surface area contributed by atoms with E-state index in [-0.39, 0.29) is 11.8 Å². The lowest BCUT2D eigenvalue weighted by Gasteiger charge is -2.23. The fourth-order valence-corrected chi connectivity index (χ4v) is 3.00. The number of halogens is 1. The van der Waals surface area contributed by atoms with E-state index < -0.39 is 6.10 Å². The largest absolute Gasteiger partial charge is 0.486 e. The standard InChI is InChI=1S/C18H15ClN2O5/c1-9-17(22)21-13-8-11(2-3-14(13)26-9)20-18(23)10-6-12(19)16-15(7-10)24-4-5-25-16/h2-3,6-9H,4-5H2,1H3,(H,20,23)(H,21,22). The maximum absolute atomic E-state index is 12.6. The molecule has 8 heteroatoms. The highest BCUT2D eigenvalue weighted by Gasteiger charge is 2.24. The number of rotatable bonds is 2. The second kappa shape index (κ2) is 6.42. The van der Waals surface area contributed by atoms with Crippen molar-refractivity contribution in [3.05, 3.63) is 40.9 Å². The van der Waals surface area contributed by atoms with Crippen molar-refractivity contribution < 1.29 is 23.8 Å². The highest BCUT2D eigenvalue weighted by atomic mass is 35.5. The number of hydrogen-bond acceptors (Lipinski definition) is 5. The van der Waals surface area contributed by atoms with Crippen LogP contribution in [0.4, 0.5) is 11.4 Å². The van der Waals surface area contributed by atoms with Crippen molar-refractivity contribution in [2.75, 3.05) is 23.8 Å². The van der Waals surface area contributed by atoms with E-state index in [2.05, 4.69) is 10.6 Å². The predicted molar refractivity (Wildman–Crippen MR) is 95.6 cm³/mol. The summed E-state index contributed by atoms with van der Waals surface area (Å²) in [6.07, 6.45) is -0.553. The van der Waals surface area contributed by atoms with Gasteiger partial charge in [-0.15, -0.1) is 0 Å². The Morgan fingerprint density at radius 3 is 2.85 bits per heavy atom. The zero-order chi connectivity index (χ0) is 18.3. The molecular weight excluding hydrogens is 360 g/mol. The number of amides is 2. The molecule has 2 N–H and O–H groups in total. The van der Waals surface area contributed by atoms with Gasteiger partial charge in [0.25, 0.3) is 11.8 Å². The maximum Gasteiger partial charge on any atom is 0.265 e. The second-order valence-corrected chi connectivity index (χ2v) is 6.30. The van der Waals surface area contributed by atoms with Crippen molar-refractivity contribution in [2.24, 2.45) is 0 Å². The minimum absolute atomic E-state index is 0.236. The smallest absolute Gasteiger partial charge is 0.265 e. The molecule has 0 saturated carbocycles. The predicted octanol–water partition coefficient (Wildman–Crippen LogP) is 3.08. The van der Waals surface area contributed by atoms with Crippen LogP contribution in [0.25, 0.3) is 0 Å². The number of ether oxygens (including phenoxy) is 3. The minimum atomic E-state index is -0.553.